The van der Waals surface area contributed by atoms with E-state index in [1.807, 2.05) is 35.2 Å². The fourth-order valence-corrected chi connectivity index (χ4v) is 3.30. The molecule has 1 aromatic rings. The van der Waals surface area contributed by atoms with E-state index in [0.29, 0.717) is 5.37 Å². The van der Waals surface area contributed by atoms with Gasteiger partial charge in [0.05, 0.1) is 0 Å². The van der Waals surface area contributed by atoms with E-state index in [2.05, 4.69) is 5.32 Å². The van der Waals surface area contributed by atoms with E-state index in [-0.39, 0.29) is 0 Å². The fourth-order valence-electron chi connectivity index (χ4n) is 2.08. The SMILES string of the molecule is CS(=O)(=O)[C](c1ccccc1)N1CCNCC1. The normalized spacial score (nSPS) is 18.5. The molecule has 1 saturated heterocycles. The average molecular weight is 253 g/mol. The van der Waals surface area contributed by atoms with Crippen molar-refractivity contribution in [1.29, 1.82) is 0 Å². The third-order valence-electron chi connectivity index (χ3n) is 2.78. The Balaban J connectivity index is 2.32. The van der Waals surface area contributed by atoms with E-state index in [9.17, 15) is 8.42 Å². The maximum absolute atomic E-state index is 11.9. The molecule has 0 bridgehead atoms. The summed E-state index contributed by atoms with van der Waals surface area (Å²) in [6.07, 6.45) is 1.28. The first-order valence-corrected chi connectivity index (χ1v) is 7.56. The van der Waals surface area contributed by atoms with Gasteiger partial charge in [0.15, 0.2) is 15.2 Å². The van der Waals surface area contributed by atoms with Crippen molar-refractivity contribution in [2.24, 2.45) is 0 Å². The monoisotopic (exact) mass is 253 g/mol. The number of nitrogens with one attached hydrogen (secondary N) is 1. The van der Waals surface area contributed by atoms with Crippen molar-refractivity contribution in [3.05, 3.63) is 41.3 Å². The highest BCUT2D eigenvalue weighted by atomic mass is 32.2. The quantitative estimate of drug-likeness (QED) is 0.851. The lowest BCUT2D eigenvalue weighted by Crippen LogP contribution is -2.47. The van der Waals surface area contributed by atoms with Crippen LogP contribution in [0, 0.1) is 5.37 Å². The molecule has 1 fully saturated rings. The largest absolute Gasteiger partial charge is 0.314 e. The smallest absolute Gasteiger partial charge is 0.186 e. The second-order valence-corrected chi connectivity index (χ2v) is 6.11. The molecular formula is C12H17N2O2S. The molecular weight excluding hydrogens is 236 g/mol. The van der Waals surface area contributed by atoms with Gasteiger partial charge in [-0.15, -0.1) is 0 Å². The fraction of sp³-hybridized carbons (Fsp3) is 0.417. The number of sulfone groups is 1. The Morgan fingerprint density at radius 1 is 1.18 bits per heavy atom. The Hall–Kier alpha value is -0.910. The highest BCUT2D eigenvalue weighted by Crippen LogP contribution is 2.24. The molecule has 93 valence electrons. The summed E-state index contributed by atoms with van der Waals surface area (Å²) in [5, 5.41) is 3.67. The maximum Gasteiger partial charge on any atom is 0.186 e. The Morgan fingerprint density at radius 2 is 1.76 bits per heavy atom. The predicted molar refractivity (Wildman–Crippen MR) is 68.1 cm³/mol. The van der Waals surface area contributed by atoms with E-state index in [1.165, 1.54) is 6.26 Å². The number of piperazine rings is 1. The van der Waals surface area contributed by atoms with E-state index in [0.717, 1.165) is 31.7 Å². The molecule has 0 aliphatic carbocycles. The first kappa shape index (κ1) is 12.5. The minimum absolute atomic E-state index is 0.444. The first-order chi connectivity index (χ1) is 8.09. The van der Waals surface area contributed by atoms with Crippen LogP contribution in [0.15, 0.2) is 30.3 Å². The maximum atomic E-state index is 11.9. The molecule has 4 nitrogen and oxygen atoms in total. The summed E-state index contributed by atoms with van der Waals surface area (Å²) in [5.41, 5.74) is 0.775. The van der Waals surface area contributed by atoms with Crippen LogP contribution in [0.4, 0.5) is 0 Å². The first-order valence-electron chi connectivity index (χ1n) is 5.67. The number of nitrogens with zero attached hydrogens (tertiary/aromatic N) is 1. The summed E-state index contributed by atoms with van der Waals surface area (Å²) in [6.45, 7) is 3.12. The second kappa shape index (κ2) is 5.16. The van der Waals surface area contributed by atoms with E-state index >= 15 is 0 Å². The third kappa shape index (κ3) is 3.06. The van der Waals surface area contributed by atoms with Crippen LogP contribution in [0.1, 0.15) is 5.56 Å². The van der Waals surface area contributed by atoms with Gasteiger partial charge in [-0.3, -0.25) is 4.90 Å². The molecule has 0 unspecified atom stereocenters. The standard InChI is InChI=1S/C12H17N2O2S/c1-17(15,16)12(11-5-3-2-4-6-11)14-9-7-13-8-10-14/h2-6,13H,7-10H2,1H3. The van der Waals surface area contributed by atoms with Gasteiger partial charge in [-0.2, -0.15) is 0 Å². The molecule has 1 aliphatic heterocycles. The molecule has 2 rings (SSSR count). The molecule has 1 radical (unpaired) electrons. The van der Waals surface area contributed by atoms with Crippen molar-refractivity contribution in [1.82, 2.24) is 10.2 Å². The van der Waals surface area contributed by atoms with Crippen LogP contribution in [0.2, 0.25) is 0 Å². The Kier molecular flexibility index (Phi) is 3.81. The highest BCUT2D eigenvalue weighted by molar-refractivity contribution is 7.93. The number of rotatable bonds is 3. The van der Waals surface area contributed by atoms with Crippen molar-refractivity contribution in [3.8, 4) is 0 Å². The number of hydrogen-bond acceptors (Lipinski definition) is 4. The lowest BCUT2D eigenvalue weighted by molar-refractivity contribution is 0.284. The summed E-state index contributed by atoms with van der Waals surface area (Å²) in [6, 6.07) is 9.31. The minimum atomic E-state index is -3.20. The van der Waals surface area contributed by atoms with Crippen LogP contribution < -0.4 is 5.32 Å². The molecule has 17 heavy (non-hydrogen) atoms. The second-order valence-electron chi connectivity index (χ2n) is 4.18. The van der Waals surface area contributed by atoms with Gasteiger partial charge in [-0.25, -0.2) is 8.42 Å². The summed E-state index contributed by atoms with van der Waals surface area (Å²) < 4.78 is 23.9. The Labute approximate surface area is 103 Å². The van der Waals surface area contributed by atoms with Crippen LogP contribution in [0.25, 0.3) is 0 Å². The predicted octanol–water partition coefficient (Wildman–Crippen LogP) is 0.474. The molecule has 0 amide bonds. The average Bonchev–Trinajstić information content (AvgIpc) is 2.30. The van der Waals surface area contributed by atoms with Gasteiger partial charge in [0.25, 0.3) is 0 Å². The summed E-state index contributed by atoms with van der Waals surface area (Å²) in [4.78, 5) is 1.95. The van der Waals surface area contributed by atoms with Gasteiger partial charge >= 0.3 is 0 Å². The molecule has 5 heteroatoms. The van der Waals surface area contributed by atoms with Crippen LogP contribution in [0.5, 0.6) is 0 Å². The third-order valence-corrected chi connectivity index (χ3v) is 3.97. The van der Waals surface area contributed by atoms with Crippen LogP contribution in [-0.4, -0.2) is 45.8 Å². The van der Waals surface area contributed by atoms with Crippen molar-refractivity contribution < 1.29 is 8.42 Å². The lowest BCUT2D eigenvalue weighted by atomic mass is 10.2. The van der Waals surface area contributed by atoms with Crippen molar-refractivity contribution >= 4 is 9.84 Å². The Bertz CT molecular complexity index is 453. The molecule has 0 spiro atoms. The summed E-state index contributed by atoms with van der Waals surface area (Å²) >= 11 is 0. The summed E-state index contributed by atoms with van der Waals surface area (Å²) in [7, 11) is -3.20. The molecule has 1 aromatic carbocycles. The molecule has 0 saturated carbocycles. The number of benzene rings is 1. The molecule has 1 heterocycles. The van der Waals surface area contributed by atoms with E-state index in [1.54, 1.807) is 0 Å². The zero-order chi connectivity index (χ0) is 12.3. The topological polar surface area (TPSA) is 49.4 Å². The Morgan fingerprint density at radius 3 is 2.29 bits per heavy atom. The van der Waals surface area contributed by atoms with Crippen LogP contribution in [0.3, 0.4) is 0 Å². The molecule has 1 N–H and O–H groups in total. The van der Waals surface area contributed by atoms with Gasteiger partial charge in [-0.05, 0) is 5.56 Å². The van der Waals surface area contributed by atoms with Crippen LogP contribution in [-0.2, 0) is 9.84 Å². The highest BCUT2D eigenvalue weighted by Gasteiger charge is 2.31. The van der Waals surface area contributed by atoms with Gasteiger partial charge in [0.2, 0.25) is 0 Å². The van der Waals surface area contributed by atoms with Gasteiger partial charge in [-0.1, -0.05) is 30.3 Å². The van der Waals surface area contributed by atoms with Gasteiger partial charge in [0.1, 0.15) is 0 Å². The molecule has 0 atom stereocenters. The van der Waals surface area contributed by atoms with E-state index < -0.39 is 9.84 Å². The summed E-state index contributed by atoms with van der Waals surface area (Å²) in [5.74, 6) is 0. The van der Waals surface area contributed by atoms with Crippen LogP contribution >= 0.6 is 0 Å². The molecule has 0 aromatic heterocycles. The van der Waals surface area contributed by atoms with Crippen molar-refractivity contribution in [2.75, 3.05) is 32.4 Å². The van der Waals surface area contributed by atoms with Crippen molar-refractivity contribution in [2.45, 2.75) is 0 Å². The molecule has 1 aliphatic rings. The minimum Gasteiger partial charge on any atom is -0.314 e. The number of hydrogen-bond donors (Lipinski definition) is 1. The zero-order valence-corrected chi connectivity index (χ0v) is 10.7. The lowest BCUT2D eigenvalue weighted by Gasteiger charge is -2.32. The van der Waals surface area contributed by atoms with Crippen molar-refractivity contribution in [3.63, 3.8) is 0 Å². The van der Waals surface area contributed by atoms with Gasteiger partial charge in [0, 0.05) is 32.4 Å². The zero-order valence-electron chi connectivity index (χ0n) is 9.89. The van der Waals surface area contributed by atoms with E-state index in [4.69, 9.17) is 0 Å². The van der Waals surface area contributed by atoms with Gasteiger partial charge < -0.3 is 5.32 Å².